The fourth-order valence-corrected chi connectivity index (χ4v) is 2.49. The summed E-state index contributed by atoms with van der Waals surface area (Å²) in [6.07, 6.45) is 3.90. The summed E-state index contributed by atoms with van der Waals surface area (Å²) in [7, 11) is 1.96. The third kappa shape index (κ3) is 3.06. The maximum absolute atomic E-state index is 8.86. The second kappa shape index (κ2) is 5.96. The van der Waals surface area contributed by atoms with Crippen LogP contribution in [0, 0.1) is 11.3 Å². The molecular formula is C17H16ClN3O. The predicted octanol–water partition coefficient (Wildman–Crippen LogP) is 3.40. The van der Waals surface area contributed by atoms with E-state index in [1.165, 1.54) is 0 Å². The van der Waals surface area contributed by atoms with Gasteiger partial charge in [-0.15, -0.1) is 0 Å². The van der Waals surface area contributed by atoms with Crippen LogP contribution in [0.5, 0.6) is 5.75 Å². The van der Waals surface area contributed by atoms with Gasteiger partial charge in [0, 0.05) is 5.56 Å². The number of nitrogens with zero attached hydrogens (tertiary/aromatic N) is 2. The lowest BCUT2D eigenvalue weighted by Gasteiger charge is -2.15. The van der Waals surface area contributed by atoms with Crippen molar-refractivity contribution >= 4 is 11.6 Å². The van der Waals surface area contributed by atoms with Gasteiger partial charge in [-0.05, 0) is 43.7 Å². The van der Waals surface area contributed by atoms with Gasteiger partial charge in [-0.25, -0.2) is 4.98 Å². The van der Waals surface area contributed by atoms with Crippen LogP contribution in [-0.4, -0.2) is 24.2 Å². The van der Waals surface area contributed by atoms with Gasteiger partial charge in [0.25, 0.3) is 0 Å². The molecule has 5 heteroatoms. The summed E-state index contributed by atoms with van der Waals surface area (Å²) >= 11 is 6.19. The first kappa shape index (κ1) is 14.8. The Kier molecular flexibility index (Phi) is 4.02. The summed E-state index contributed by atoms with van der Waals surface area (Å²) < 4.78 is 5.85. The van der Waals surface area contributed by atoms with Gasteiger partial charge >= 0.3 is 0 Å². The average Bonchev–Trinajstić information content (AvgIpc) is 3.35. The smallest absolute Gasteiger partial charge is 0.138 e. The van der Waals surface area contributed by atoms with E-state index in [1.807, 2.05) is 25.2 Å². The molecule has 0 radical (unpaired) electrons. The zero-order chi connectivity index (χ0) is 15.6. The van der Waals surface area contributed by atoms with Crippen molar-refractivity contribution in [1.82, 2.24) is 10.3 Å². The largest absolute Gasteiger partial charge is 0.490 e. The lowest BCUT2D eigenvalue weighted by Crippen LogP contribution is -2.33. The van der Waals surface area contributed by atoms with Crippen molar-refractivity contribution in [2.45, 2.75) is 18.4 Å². The topological polar surface area (TPSA) is 57.9 Å². The molecule has 1 heterocycles. The van der Waals surface area contributed by atoms with Crippen LogP contribution in [0.2, 0.25) is 5.15 Å². The Morgan fingerprint density at radius 3 is 2.68 bits per heavy atom. The number of nitrogens with one attached hydrogen (secondary N) is 1. The minimum absolute atomic E-state index is 0.119. The van der Waals surface area contributed by atoms with E-state index in [1.54, 1.807) is 18.3 Å². The number of pyridine rings is 1. The first-order valence-corrected chi connectivity index (χ1v) is 7.51. The van der Waals surface area contributed by atoms with Gasteiger partial charge in [0.15, 0.2) is 0 Å². The van der Waals surface area contributed by atoms with Crippen LogP contribution in [0.4, 0.5) is 0 Å². The molecule has 1 saturated carbocycles. The van der Waals surface area contributed by atoms with Crippen LogP contribution < -0.4 is 10.1 Å². The van der Waals surface area contributed by atoms with E-state index < -0.39 is 0 Å². The highest BCUT2D eigenvalue weighted by molar-refractivity contribution is 6.32. The second-order valence-electron chi connectivity index (χ2n) is 5.52. The standard InChI is InChI=1S/C17H16ClN3O/c1-20-17(6-7-17)11-22-14-8-15(16(18)21-10-14)13-4-2-12(9-19)3-5-13/h2-5,8,10,20H,6-7,11H2,1H3. The number of benzene rings is 1. The molecule has 1 N–H and O–H groups in total. The molecule has 1 aromatic heterocycles. The molecular weight excluding hydrogens is 298 g/mol. The van der Waals surface area contributed by atoms with Gasteiger partial charge in [0.1, 0.15) is 17.5 Å². The molecule has 112 valence electrons. The zero-order valence-corrected chi connectivity index (χ0v) is 13.0. The molecule has 1 aliphatic rings. The van der Waals surface area contributed by atoms with E-state index in [0.717, 1.165) is 24.0 Å². The molecule has 0 saturated heterocycles. The molecule has 4 nitrogen and oxygen atoms in total. The van der Waals surface area contributed by atoms with E-state index >= 15 is 0 Å². The number of hydrogen-bond acceptors (Lipinski definition) is 4. The van der Waals surface area contributed by atoms with E-state index in [2.05, 4.69) is 16.4 Å². The summed E-state index contributed by atoms with van der Waals surface area (Å²) in [5.41, 5.74) is 2.45. The molecule has 1 fully saturated rings. The average molecular weight is 314 g/mol. The number of likely N-dealkylation sites (N-methyl/N-ethyl adjacent to an activating group) is 1. The lowest BCUT2D eigenvalue weighted by molar-refractivity contribution is 0.259. The minimum atomic E-state index is 0.119. The predicted molar refractivity (Wildman–Crippen MR) is 85.9 cm³/mol. The summed E-state index contributed by atoms with van der Waals surface area (Å²) in [6, 6.07) is 11.2. The fraction of sp³-hybridized carbons (Fsp3) is 0.294. The second-order valence-corrected chi connectivity index (χ2v) is 5.88. The molecule has 0 amide bonds. The highest BCUT2D eigenvalue weighted by atomic mass is 35.5. The molecule has 1 aromatic carbocycles. The molecule has 0 unspecified atom stereocenters. The summed E-state index contributed by atoms with van der Waals surface area (Å²) in [6.45, 7) is 0.625. The van der Waals surface area contributed by atoms with Crippen LogP contribution in [0.25, 0.3) is 11.1 Å². The molecule has 0 bridgehead atoms. The van der Waals surface area contributed by atoms with E-state index in [0.29, 0.717) is 23.1 Å². The van der Waals surface area contributed by atoms with Crippen LogP contribution in [0.1, 0.15) is 18.4 Å². The van der Waals surface area contributed by atoms with Crippen molar-refractivity contribution in [2.24, 2.45) is 0 Å². The first-order valence-electron chi connectivity index (χ1n) is 7.14. The van der Waals surface area contributed by atoms with Gasteiger partial charge in [-0.3, -0.25) is 0 Å². The Morgan fingerprint density at radius 1 is 1.36 bits per heavy atom. The van der Waals surface area contributed by atoms with Crippen LogP contribution >= 0.6 is 11.6 Å². The van der Waals surface area contributed by atoms with Gasteiger partial charge in [-0.2, -0.15) is 5.26 Å². The summed E-state index contributed by atoms with van der Waals surface area (Å²) in [5, 5.41) is 12.6. The first-order chi connectivity index (χ1) is 10.7. The number of rotatable bonds is 5. The molecule has 2 aromatic rings. The molecule has 0 atom stereocenters. The molecule has 3 rings (SSSR count). The Balaban J connectivity index is 1.81. The van der Waals surface area contributed by atoms with Gasteiger partial charge < -0.3 is 10.1 Å². The lowest BCUT2D eigenvalue weighted by atomic mass is 10.1. The maximum Gasteiger partial charge on any atom is 0.138 e. The van der Waals surface area contributed by atoms with Gasteiger partial charge in [-0.1, -0.05) is 23.7 Å². The van der Waals surface area contributed by atoms with Crippen LogP contribution in [0.15, 0.2) is 36.5 Å². The minimum Gasteiger partial charge on any atom is -0.490 e. The van der Waals surface area contributed by atoms with Crippen LogP contribution in [0.3, 0.4) is 0 Å². The number of hydrogen-bond donors (Lipinski definition) is 1. The zero-order valence-electron chi connectivity index (χ0n) is 12.3. The van der Waals surface area contributed by atoms with Crippen molar-refractivity contribution in [3.05, 3.63) is 47.2 Å². The van der Waals surface area contributed by atoms with Crippen molar-refractivity contribution in [1.29, 1.82) is 5.26 Å². The molecule has 1 aliphatic carbocycles. The number of halogens is 1. The molecule has 0 aliphatic heterocycles. The monoisotopic (exact) mass is 313 g/mol. The Labute approximate surface area is 134 Å². The van der Waals surface area contributed by atoms with E-state index in [-0.39, 0.29) is 5.54 Å². The molecule has 0 spiro atoms. The fourth-order valence-electron chi connectivity index (χ4n) is 2.27. The summed E-state index contributed by atoms with van der Waals surface area (Å²) in [4.78, 5) is 4.20. The SMILES string of the molecule is CNC1(COc2cnc(Cl)c(-c3ccc(C#N)cc3)c2)CC1. The third-order valence-electron chi connectivity index (χ3n) is 4.04. The summed E-state index contributed by atoms with van der Waals surface area (Å²) in [5.74, 6) is 0.699. The van der Waals surface area contributed by atoms with Crippen molar-refractivity contribution in [3.63, 3.8) is 0 Å². The Morgan fingerprint density at radius 2 is 2.09 bits per heavy atom. The quantitative estimate of drug-likeness (QED) is 0.859. The highest BCUT2D eigenvalue weighted by Gasteiger charge is 2.41. The number of ether oxygens (including phenoxy) is 1. The van der Waals surface area contributed by atoms with Crippen LogP contribution in [-0.2, 0) is 0 Å². The Hall–Kier alpha value is -2.09. The molecule has 22 heavy (non-hydrogen) atoms. The van der Waals surface area contributed by atoms with E-state index in [4.69, 9.17) is 21.6 Å². The number of aromatic nitrogens is 1. The van der Waals surface area contributed by atoms with Crippen molar-refractivity contribution in [3.8, 4) is 22.9 Å². The third-order valence-corrected chi connectivity index (χ3v) is 4.34. The highest BCUT2D eigenvalue weighted by Crippen LogP contribution is 2.36. The Bertz CT molecular complexity index is 718. The maximum atomic E-state index is 8.86. The number of nitriles is 1. The van der Waals surface area contributed by atoms with Crippen molar-refractivity contribution in [2.75, 3.05) is 13.7 Å². The van der Waals surface area contributed by atoms with Crippen molar-refractivity contribution < 1.29 is 4.74 Å². The van der Waals surface area contributed by atoms with E-state index in [9.17, 15) is 0 Å². The normalized spacial score (nSPS) is 15.1. The van der Waals surface area contributed by atoms with Gasteiger partial charge in [0.05, 0.1) is 23.4 Å². The van der Waals surface area contributed by atoms with Gasteiger partial charge in [0.2, 0.25) is 0 Å².